The highest BCUT2D eigenvalue weighted by atomic mass is 14.9. The van der Waals surface area contributed by atoms with Crippen LogP contribution in [0.2, 0.25) is 0 Å². The van der Waals surface area contributed by atoms with E-state index in [9.17, 15) is 0 Å². The van der Waals surface area contributed by atoms with E-state index >= 15 is 0 Å². The maximum Gasteiger partial charge on any atom is 0.0280 e. The van der Waals surface area contributed by atoms with Gasteiger partial charge in [0.2, 0.25) is 0 Å². The number of hydrogen-bond acceptors (Lipinski definition) is 1. The first kappa shape index (κ1) is 6.61. The summed E-state index contributed by atoms with van der Waals surface area (Å²) in [5.74, 6) is 0.281. The number of piperidine rings is 1. The Bertz CT molecular complexity index is 302. The first-order valence-corrected chi connectivity index (χ1v) is 4.86. The van der Waals surface area contributed by atoms with Gasteiger partial charge >= 0.3 is 0 Å². The third-order valence-electron chi connectivity index (χ3n) is 2.42. The van der Waals surface area contributed by atoms with Crippen molar-refractivity contribution in [2.75, 3.05) is 13.1 Å². The van der Waals surface area contributed by atoms with Gasteiger partial charge in [0.15, 0.2) is 0 Å². The van der Waals surface area contributed by atoms with E-state index in [1.54, 1.807) is 0 Å². The fourth-order valence-corrected chi connectivity index (χ4v) is 1.74. The number of hydrogen-bond donors (Lipinski definition) is 1. The normalized spacial score (nSPS) is 36.5. The molecule has 0 spiro atoms. The van der Waals surface area contributed by atoms with Crippen molar-refractivity contribution >= 4 is 0 Å². The SMILES string of the molecule is [2H][C@@H]1[C@@H](Cc2ccccc2)CNC[C@H]1[2H]. The van der Waals surface area contributed by atoms with Gasteiger partial charge in [-0.15, -0.1) is 0 Å². The molecule has 0 bridgehead atoms. The maximum atomic E-state index is 7.96. The molecule has 0 aromatic heterocycles. The van der Waals surface area contributed by atoms with E-state index in [2.05, 4.69) is 17.4 Å². The second kappa shape index (κ2) is 4.43. The second-order valence-electron chi connectivity index (χ2n) is 3.54. The van der Waals surface area contributed by atoms with E-state index in [-0.39, 0.29) is 18.7 Å². The van der Waals surface area contributed by atoms with Crippen LogP contribution >= 0.6 is 0 Å². The van der Waals surface area contributed by atoms with Crippen molar-refractivity contribution < 1.29 is 2.74 Å². The van der Waals surface area contributed by atoms with Gasteiger partial charge in [0.25, 0.3) is 0 Å². The fraction of sp³-hybridized carbons (Fsp3) is 0.500. The summed E-state index contributed by atoms with van der Waals surface area (Å²) in [6.45, 7) is 1.54. The molecule has 1 heterocycles. The van der Waals surface area contributed by atoms with Crippen LogP contribution in [0.4, 0.5) is 0 Å². The second-order valence-corrected chi connectivity index (χ2v) is 3.54. The predicted octanol–water partition coefficient (Wildman–Crippen LogP) is 2.23. The Hall–Kier alpha value is -0.820. The lowest BCUT2D eigenvalue weighted by Gasteiger charge is -2.22. The zero-order valence-electron chi connectivity index (χ0n) is 9.74. The van der Waals surface area contributed by atoms with Gasteiger partial charge < -0.3 is 5.32 Å². The van der Waals surface area contributed by atoms with Gasteiger partial charge in [0.05, 0.1) is 0 Å². The Balaban J connectivity index is 1.99. The monoisotopic (exact) mass is 177 g/mol. The first-order valence-electron chi connectivity index (χ1n) is 6.02. The van der Waals surface area contributed by atoms with Crippen LogP contribution < -0.4 is 5.32 Å². The van der Waals surface area contributed by atoms with E-state index < -0.39 is 0 Å². The van der Waals surface area contributed by atoms with Crippen molar-refractivity contribution in [3.8, 4) is 0 Å². The molecular formula is C12H17N. The molecule has 1 N–H and O–H groups in total. The Morgan fingerprint density at radius 2 is 2.23 bits per heavy atom. The van der Waals surface area contributed by atoms with Crippen molar-refractivity contribution in [2.24, 2.45) is 5.92 Å². The largest absolute Gasteiger partial charge is 0.316 e. The third-order valence-corrected chi connectivity index (χ3v) is 2.42. The minimum atomic E-state index is -0.271. The molecule has 3 atom stereocenters. The molecule has 13 heavy (non-hydrogen) atoms. The summed E-state index contributed by atoms with van der Waals surface area (Å²) in [5.41, 5.74) is 1.27. The van der Waals surface area contributed by atoms with Crippen LogP contribution in [0.1, 0.15) is 21.1 Å². The minimum absolute atomic E-state index is 0.244. The molecule has 1 aliphatic rings. The minimum Gasteiger partial charge on any atom is -0.316 e. The summed E-state index contributed by atoms with van der Waals surface area (Å²) in [7, 11) is 0. The van der Waals surface area contributed by atoms with Crippen LogP contribution in [0.5, 0.6) is 0 Å². The zero-order valence-corrected chi connectivity index (χ0v) is 7.74. The van der Waals surface area contributed by atoms with Crippen LogP contribution in [-0.4, -0.2) is 13.1 Å². The van der Waals surface area contributed by atoms with Gasteiger partial charge in [-0.3, -0.25) is 0 Å². The van der Waals surface area contributed by atoms with E-state index in [4.69, 9.17) is 2.74 Å². The molecule has 1 heteroatoms. The summed E-state index contributed by atoms with van der Waals surface area (Å²) < 4.78 is 15.7. The summed E-state index contributed by atoms with van der Waals surface area (Å²) in [6.07, 6.45) is 0.399. The molecule has 1 saturated heterocycles. The highest BCUT2D eigenvalue weighted by Crippen LogP contribution is 2.15. The van der Waals surface area contributed by atoms with Crippen molar-refractivity contribution in [1.29, 1.82) is 0 Å². The number of nitrogens with one attached hydrogen (secondary N) is 1. The molecule has 1 aromatic carbocycles. The molecule has 1 fully saturated rings. The van der Waals surface area contributed by atoms with E-state index in [1.807, 2.05) is 18.2 Å². The Kier molecular flexibility index (Phi) is 2.25. The maximum absolute atomic E-state index is 7.96. The first-order chi connectivity index (χ1) is 7.27. The Morgan fingerprint density at radius 3 is 3.08 bits per heavy atom. The lowest BCUT2D eigenvalue weighted by Crippen LogP contribution is -2.30. The molecule has 1 aliphatic heterocycles. The van der Waals surface area contributed by atoms with Crippen molar-refractivity contribution in [1.82, 2.24) is 5.32 Å². The summed E-state index contributed by atoms with van der Waals surface area (Å²) in [5, 5.41) is 3.23. The molecule has 1 aromatic rings. The van der Waals surface area contributed by atoms with Crippen LogP contribution in [0.15, 0.2) is 30.3 Å². The smallest absolute Gasteiger partial charge is 0.0280 e. The highest BCUT2D eigenvalue weighted by Gasteiger charge is 2.12. The summed E-state index contributed by atoms with van der Waals surface area (Å²) >= 11 is 0. The quantitative estimate of drug-likeness (QED) is 0.730. The Morgan fingerprint density at radius 1 is 1.38 bits per heavy atom. The molecule has 0 radical (unpaired) electrons. The van der Waals surface area contributed by atoms with Crippen molar-refractivity contribution in [3.63, 3.8) is 0 Å². The third kappa shape index (κ3) is 2.56. The molecule has 0 aliphatic carbocycles. The van der Waals surface area contributed by atoms with E-state index in [1.165, 1.54) is 5.56 Å². The van der Waals surface area contributed by atoms with E-state index in [0.717, 1.165) is 13.0 Å². The van der Waals surface area contributed by atoms with Gasteiger partial charge in [-0.05, 0) is 43.8 Å². The number of rotatable bonds is 2. The average Bonchev–Trinajstić information content (AvgIpc) is 2.26. The van der Waals surface area contributed by atoms with Crippen LogP contribution in [-0.2, 0) is 6.42 Å². The lowest BCUT2D eigenvalue weighted by molar-refractivity contribution is 0.376. The van der Waals surface area contributed by atoms with Gasteiger partial charge in [0, 0.05) is 2.74 Å². The fourth-order valence-electron chi connectivity index (χ4n) is 1.74. The topological polar surface area (TPSA) is 12.0 Å². The molecule has 1 nitrogen and oxygen atoms in total. The van der Waals surface area contributed by atoms with Crippen LogP contribution in [0, 0.1) is 5.92 Å². The predicted molar refractivity (Wildman–Crippen MR) is 55.7 cm³/mol. The average molecular weight is 177 g/mol. The van der Waals surface area contributed by atoms with Gasteiger partial charge in [0.1, 0.15) is 0 Å². The van der Waals surface area contributed by atoms with E-state index in [0.29, 0.717) is 6.54 Å². The summed E-state index contributed by atoms with van der Waals surface area (Å²) in [4.78, 5) is 0. The molecular weight excluding hydrogens is 158 g/mol. The van der Waals surface area contributed by atoms with Gasteiger partial charge in [-0.25, -0.2) is 0 Å². The van der Waals surface area contributed by atoms with Gasteiger partial charge in [-0.1, -0.05) is 30.3 Å². The van der Waals surface area contributed by atoms with Crippen LogP contribution in [0.3, 0.4) is 0 Å². The molecule has 0 unspecified atom stereocenters. The molecule has 70 valence electrons. The van der Waals surface area contributed by atoms with Crippen LogP contribution in [0.25, 0.3) is 0 Å². The van der Waals surface area contributed by atoms with Gasteiger partial charge in [-0.2, -0.15) is 0 Å². The molecule has 2 rings (SSSR count). The van der Waals surface area contributed by atoms with Crippen molar-refractivity contribution in [2.45, 2.75) is 19.2 Å². The zero-order chi connectivity index (χ0) is 10.7. The number of benzene rings is 1. The summed E-state index contributed by atoms with van der Waals surface area (Å²) in [6, 6.07) is 10.3. The highest BCUT2D eigenvalue weighted by molar-refractivity contribution is 5.15. The molecule has 0 amide bonds. The lowest BCUT2D eigenvalue weighted by atomic mass is 9.92. The Labute approximate surface area is 83.0 Å². The van der Waals surface area contributed by atoms with Crippen molar-refractivity contribution in [3.05, 3.63) is 35.9 Å². The molecule has 0 saturated carbocycles. The standard InChI is InChI=1S/C12H17N/c1-2-5-11(6-3-1)9-12-7-4-8-13-10-12/h1-3,5-6,12-13H,4,7-10H2/t12-/m0/s1/i4D,7D/t4-,7-,12-.